The molecular weight excluding hydrogens is 266 g/mol. The highest BCUT2D eigenvalue weighted by molar-refractivity contribution is 5.80. The number of nitrogens with two attached hydrogens (primary N) is 1. The van der Waals surface area contributed by atoms with Crippen LogP contribution in [-0.2, 0) is 4.79 Å². The Bertz CT molecular complexity index is 375. The molecule has 0 spiro atoms. The summed E-state index contributed by atoms with van der Waals surface area (Å²) in [5.74, 6) is 1.09. The highest BCUT2D eigenvalue weighted by Crippen LogP contribution is 2.35. The van der Waals surface area contributed by atoms with Gasteiger partial charge in [-0.1, -0.05) is 13.8 Å². The number of likely N-dealkylation sites (N-methyl/N-ethyl adjacent to an activating group) is 1. The Hall–Kier alpha value is -0.650. The number of hydrogen-bond donors (Lipinski definition) is 2. The number of nitrogens with zero attached hydrogens (tertiary/aromatic N) is 2. The van der Waals surface area contributed by atoms with Crippen molar-refractivity contribution in [2.45, 2.75) is 51.3 Å². The minimum atomic E-state index is -0.384. The predicted octanol–water partition coefficient (Wildman–Crippen LogP) is 0.519. The predicted molar refractivity (Wildman–Crippen MR) is 83.7 cm³/mol. The third kappa shape index (κ3) is 3.76. The van der Waals surface area contributed by atoms with E-state index in [0.29, 0.717) is 24.8 Å². The van der Waals surface area contributed by atoms with E-state index in [1.807, 2.05) is 19.0 Å². The molecule has 5 nitrogen and oxygen atoms in total. The number of hydrogen-bond acceptors (Lipinski definition) is 4. The standard InChI is InChI=1S/C16H31N3O2/c1-10-5-11(2)15(17)7-14(10)16(21)19-9-13(20)6-12(19)8-18(3)4/h10-15,20H,5-9,17H2,1-4H3. The van der Waals surface area contributed by atoms with Gasteiger partial charge in [0.2, 0.25) is 5.91 Å². The first-order chi connectivity index (χ1) is 9.79. The van der Waals surface area contributed by atoms with Crippen LogP contribution in [0.15, 0.2) is 0 Å². The van der Waals surface area contributed by atoms with Crippen molar-refractivity contribution in [3.05, 3.63) is 0 Å². The molecule has 6 unspecified atom stereocenters. The molecule has 1 saturated carbocycles. The minimum Gasteiger partial charge on any atom is -0.391 e. The Morgan fingerprint density at radius 2 is 1.90 bits per heavy atom. The van der Waals surface area contributed by atoms with Crippen LogP contribution >= 0.6 is 0 Å². The van der Waals surface area contributed by atoms with Crippen molar-refractivity contribution in [1.29, 1.82) is 0 Å². The minimum absolute atomic E-state index is 0.0196. The van der Waals surface area contributed by atoms with Crippen LogP contribution in [0.5, 0.6) is 0 Å². The fraction of sp³-hybridized carbons (Fsp3) is 0.938. The van der Waals surface area contributed by atoms with Crippen LogP contribution in [0, 0.1) is 17.8 Å². The fourth-order valence-electron chi connectivity index (χ4n) is 4.00. The van der Waals surface area contributed by atoms with Gasteiger partial charge in [-0.2, -0.15) is 0 Å². The quantitative estimate of drug-likeness (QED) is 0.797. The van der Waals surface area contributed by atoms with E-state index in [1.165, 1.54) is 0 Å². The molecule has 1 heterocycles. The lowest BCUT2D eigenvalue weighted by molar-refractivity contribution is -0.140. The lowest BCUT2D eigenvalue weighted by Crippen LogP contribution is -2.49. The van der Waals surface area contributed by atoms with Gasteiger partial charge in [-0.25, -0.2) is 0 Å². The Kier molecular flexibility index (Phi) is 5.28. The Balaban J connectivity index is 2.07. The van der Waals surface area contributed by atoms with Gasteiger partial charge in [0, 0.05) is 31.1 Å². The van der Waals surface area contributed by atoms with Crippen molar-refractivity contribution in [3.63, 3.8) is 0 Å². The van der Waals surface area contributed by atoms with Crippen LogP contribution in [0.4, 0.5) is 0 Å². The first-order valence-corrected chi connectivity index (χ1v) is 8.18. The number of aliphatic hydroxyl groups excluding tert-OH is 1. The maximum Gasteiger partial charge on any atom is 0.226 e. The summed E-state index contributed by atoms with van der Waals surface area (Å²) < 4.78 is 0. The van der Waals surface area contributed by atoms with Gasteiger partial charge in [-0.3, -0.25) is 4.79 Å². The SMILES string of the molecule is CC1CC(C)C(C(=O)N2CC(O)CC2CN(C)C)CC1N. The van der Waals surface area contributed by atoms with Gasteiger partial charge in [0.1, 0.15) is 0 Å². The van der Waals surface area contributed by atoms with E-state index < -0.39 is 0 Å². The highest BCUT2D eigenvalue weighted by atomic mass is 16.3. The second kappa shape index (κ2) is 6.63. The van der Waals surface area contributed by atoms with Gasteiger partial charge in [0.25, 0.3) is 0 Å². The van der Waals surface area contributed by atoms with Crippen LogP contribution < -0.4 is 5.73 Å². The molecule has 0 aromatic heterocycles. The normalized spacial score (nSPS) is 40.8. The smallest absolute Gasteiger partial charge is 0.226 e. The summed E-state index contributed by atoms with van der Waals surface area (Å²) in [6, 6.07) is 0.250. The Labute approximate surface area is 128 Å². The van der Waals surface area contributed by atoms with E-state index in [1.54, 1.807) is 0 Å². The van der Waals surface area contributed by atoms with Crippen LogP contribution in [-0.4, -0.2) is 66.2 Å². The third-order valence-electron chi connectivity index (χ3n) is 5.26. The summed E-state index contributed by atoms with van der Waals surface area (Å²) in [7, 11) is 4.02. The van der Waals surface area contributed by atoms with Gasteiger partial charge in [0.05, 0.1) is 6.10 Å². The molecule has 2 aliphatic rings. The maximum absolute atomic E-state index is 12.9. The van der Waals surface area contributed by atoms with Crippen LogP contribution in [0.2, 0.25) is 0 Å². The molecule has 0 aromatic rings. The Morgan fingerprint density at radius 1 is 1.24 bits per heavy atom. The van der Waals surface area contributed by atoms with Gasteiger partial charge >= 0.3 is 0 Å². The summed E-state index contributed by atoms with van der Waals surface area (Å²) in [5.41, 5.74) is 6.18. The summed E-state index contributed by atoms with van der Waals surface area (Å²) >= 11 is 0. The molecule has 1 saturated heterocycles. The van der Waals surface area contributed by atoms with E-state index in [0.717, 1.165) is 19.4 Å². The van der Waals surface area contributed by atoms with Crippen molar-refractivity contribution in [3.8, 4) is 0 Å². The molecule has 2 fully saturated rings. The molecule has 5 heteroatoms. The zero-order valence-electron chi connectivity index (χ0n) is 13.8. The first-order valence-electron chi connectivity index (χ1n) is 8.18. The first kappa shape index (κ1) is 16.7. The lowest BCUT2D eigenvalue weighted by atomic mass is 9.72. The maximum atomic E-state index is 12.9. The third-order valence-corrected chi connectivity index (χ3v) is 5.26. The number of aliphatic hydroxyl groups is 1. The van der Waals surface area contributed by atoms with E-state index in [-0.39, 0.29) is 30.0 Å². The van der Waals surface area contributed by atoms with Crippen molar-refractivity contribution >= 4 is 5.91 Å². The van der Waals surface area contributed by atoms with Gasteiger partial charge in [-0.05, 0) is 45.2 Å². The number of β-amino-alcohol motifs (C(OH)–C–C–N with tert-alkyl or cyclic N) is 1. The molecule has 0 radical (unpaired) electrons. The van der Waals surface area contributed by atoms with Gasteiger partial charge in [-0.15, -0.1) is 0 Å². The largest absolute Gasteiger partial charge is 0.391 e. The second-order valence-corrected chi connectivity index (χ2v) is 7.49. The average molecular weight is 297 g/mol. The number of carbonyl (C=O) groups excluding carboxylic acids is 1. The summed E-state index contributed by atoms with van der Waals surface area (Å²) in [5, 5.41) is 9.95. The molecule has 3 N–H and O–H groups in total. The topological polar surface area (TPSA) is 69.8 Å². The van der Waals surface area contributed by atoms with Crippen LogP contribution in [0.3, 0.4) is 0 Å². The molecule has 1 aliphatic heterocycles. The molecule has 122 valence electrons. The average Bonchev–Trinajstić information content (AvgIpc) is 2.73. The highest BCUT2D eigenvalue weighted by Gasteiger charge is 2.42. The summed E-state index contributed by atoms with van der Waals surface area (Å²) in [6.45, 7) is 5.63. The fourth-order valence-corrected chi connectivity index (χ4v) is 4.00. The van der Waals surface area contributed by atoms with E-state index >= 15 is 0 Å². The molecule has 1 amide bonds. The van der Waals surface area contributed by atoms with Gasteiger partial charge in [0.15, 0.2) is 0 Å². The van der Waals surface area contributed by atoms with Gasteiger partial charge < -0.3 is 20.6 Å². The molecule has 0 aromatic carbocycles. The zero-order valence-corrected chi connectivity index (χ0v) is 13.8. The summed E-state index contributed by atoms with van der Waals surface area (Å²) in [4.78, 5) is 16.9. The monoisotopic (exact) mass is 297 g/mol. The van der Waals surface area contributed by atoms with E-state index in [9.17, 15) is 9.90 Å². The zero-order chi connectivity index (χ0) is 15.7. The number of amides is 1. The molecule has 21 heavy (non-hydrogen) atoms. The summed E-state index contributed by atoms with van der Waals surface area (Å²) in [6.07, 6.45) is 2.10. The lowest BCUT2D eigenvalue weighted by Gasteiger charge is -2.39. The molecule has 2 rings (SSSR count). The molecule has 6 atom stereocenters. The Morgan fingerprint density at radius 3 is 2.52 bits per heavy atom. The van der Waals surface area contributed by atoms with Crippen molar-refractivity contribution in [2.75, 3.05) is 27.2 Å². The number of carbonyl (C=O) groups is 1. The van der Waals surface area contributed by atoms with Crippen molar-refractivity contribution in [2.24, 2.45) is 23.5 Å². The molecule has 1 aliphatic carbocycles. The van der Waals surface area contributed by atoms with Crippen molar-refractivity contribution in [1.82, 2.24) is 9.80 Å². The molecular formula is C16H31N3O2. The second-order valence-electron chi connectivity index (χ2n) is 7.49. The van der Waals surface area contributed by atoms with Crippen LogP contribution in [0.25, 0.3) is 0 Å². The van der Waals surface area contributed by atoms with Crippen molar-refractivity contribution < 1.29 is 9.90 Å². The number of rotatable bonds is 3. The van der Waals surface area contributed by atoms with E-state index in [4.69, 9.17) is 5.73 Å². The molecule has 0 bridgehead atoms. The number of likely N-dealkylation sites (tertiary alicyclic amines) is 1. The van der Waals surface area contributed by atoms with E-state index in [2.05, 4.69) is 18.7 Å². The van der Waals surface area contributed by atoms with Crippen LogP contribution in [0.1, 0.15) is 33.1 Å².